The van der Waals surface area contributed by atoms with Gasteiger partial charge in [-0.3, -0.25) is 4.79 Å². The molecule has 4 N–H and O–H groups in total. The Morgan fingerprint density at radius 3 is 3.00 bits per heavy atom. The van der Waals surface area contributed by atoms with Crippen LogP contribution in [0.2, 0.25) is 0 Å². The number of aliphatic carboxylic acids is 1. The van der Waals surface area contributed by atoms with E-state index in [0.717, 1.165) is 11.7 Å². The highest BCUT2D eigenvalue weighted by atomic mass is 32.2. The van der Waals surface area contributed by atoms with Crippen LogP contribution in [0.1, 0.15) is 31.0 Å². The van der Waals surface area contributed by atoms with Crippen molar-refractivity contribution in [3.8, 4) is 0 Å². The Morgan fingerprint density at radius 2 is 2.50 bits per heavy atom. The van der Waals surface area contributed by atoms with E-state index >= 15 is 0 Å². The number of aromatic nitrogens is 1. The molecule has 0 amide bonds. The maximum Gasteiger partial charge on any atom is 0.326 e. The number of nitrogens with one attached hydrogen (secondary N) is 1. The molecule has 1 aliphatic carbocycles. The first kappa shape index (κ1) is 13.6. The maximum atomic E-state index is 10.7. The van der Waals surface area contributed by atoms with Gasteiger partial charge in [-0.15, -0.1) is 11.3 Å². The number of rotatable bonds is 6. The smallest absolute Gasteiger partial charge is 0.326 e. The normalized spacial score (nSPS) is 19.0. The van der Waals surface area contributed by atoms with Gasteiger partial charge in [0, 0.05) is 16.7 Å². The van der Waals surface area contributed by atoms with E-state index in [4.69, 9.17) is 10.8 Å². The second kappa shape index (κ2) is 5.46. The molecule has 0 aliphatic heterocycles. The van der Waals surface area contributed by atoms with Gasteiger partial charge < -0.3 is 16.2 Å². The van der Waals surface area contributed by atoms with Gasteiger partial charge in [0.15, 0.2) is 5.13 Å². The molecule has 2 rings (SSSR count). The first-order valence-electron chi connectivity index (χ1n) is 5.79. The molecule has 1 atom stereocenters. The highest BCUT2D eigenvalue weighted by Crippen LogP contribution is 2.42. The summed E-state index contributed by atoms with van der Waals surface area (Å²) in [4.78, 5) is 15.0. The monoisotopic (exact) mass is 287 g/mol. The molecule has 0 spiro atoms. The molecule has 1 heterocycles. The average Bonchev–Trinajstić information content (AvgIpc) is 2.76. The summed E-state index contributed by atoms with van der Waals surface area (Å²) in [5.74, 6) is -1.05. The van der Waals surface area contributed by atoms with Crippen LogP contribution in [0.25, 0.3) is 0 Å². The second-order valence-electron chi connectivity index (χ2n) is 4.49. The summed E-state index contributed by atoms with van der Waals surface area (Å²) in [6.45, 7) is 0.878. The Balaban J connectivity index is 1.92. The Bertz CT molecular complexity index is 426. The Hall–Kier alpha value is -0.790. The molecule has 0 bridgehead atoms. The second-order valence-corrected chi connectivity index (χ2v) is 6.62. The molecule has 18 heavy (non-hydrogen) atoms. The number of hydrogen-bond donors (Lipinski definition) is 3. The zero-order chi connectivity index (χ0) is 13.2. The Labute approximate surface area is 114 Å². The summed E-state index contributed by atoms with van der Waals surface area (Å²) in [6, 6.07) is -1.03. The third-order valence-electron chi connectivity index (χ3n) is 3.37. The first-order valence-corrected chi connectivity index (χ1v) is 7.90. The van der Waals surface area contributed by atoms with Crippen LogP contribution in [-0.4, -0.2) is 33.6 Å². The van der Waals surface area contributed by atoms with Crippen LogP contribution in [0, 0.1) is 0 Å². The lowest BCUT2D eigenvalue weighted by Gasteiger charge is -2.40. The van der Waals surface area contributed by atoms with E-state index in [2.05, 4.69) is 16.6 Å². The minimum Gasteiger partial charge on any atom is -0.480 e. The van der Waals surface area contributed by atoms with Crippen molar-refractivity contribution in [2.45, 2.75) is 30.1 Å². The van der Waals surface area contributed by atoms with Crippen LogP contribution >= 0.6 is 23.1 Å². The van der Waals surface area contributed by atoms with Crippen molar-refractivity contribution in [2.24, 2.45) is 5.73 Å². The summed E-state index contributed by atoms with van der Waals surface area (Å²) < 4.78 is 0.334. The van der Waals surface area contributed by atoms with E-state index in [1.165, 1.54) is 30.6 Å². The molecular weight excluding hydrogens is 270 g/mol. The van der Waals surface area contributed by atoms with Crippen molar-refractivity contribution < 1.29 is 9.90 Å². The van der Waals surface area contributed by atoms with E-state index < -0.39 is 12.0 Å². The van der Waals surface area contributed by atoms with Gasteiger partial charge in [0.1, 0.15) is 6.04 Å². The number of thiazole rings is 1. The van der Waals surface area contributed by atoms with Crippen molar-refractivity contribution in [1.82, 2.24) is 4.98 Å². The zero-order valence-electron chi connectivity index (χ0n) is 10.2. The third kappa shape index (κ3) is 2.78. The summed E-state index contributed by atoms with van der Waals surface area (Å²) in [6.07, 6.45) is 5.88. The van der Waals surface area contributed by atoms with E-state index in [1.807, 2.05) is 11.8 Å². The van der Waals surface area contributed by atoms with Gasteiger partial charge in [-0.05, 0) is 19.1 Å². The number of nitrogens with two attached hydrogens (primary N) is 1. The van der Waals surface area contributed by atoms with E-state index in [-0.39, 0.29) is 0 Å². The number of carbonyl (C=O) groups is 1. The molecule has 0 aromatic carbocycles. The summed E-state index contributed by atoms with van der Waals surface area (Å²) in [5, 5.41) is 14.5. The van der Waals surface area contributed by atoms with E-state index in [9.17, 15) is 4.79 Å². The van der Waals surface area contributed by atoms with Gasteiger partial charge in [-0.2, -0.15) is 11.8 Å². The molecule has 5 nitrogen and oxygen atoms in total. The van der Waals surface area contributed by atoms with Gasteiger partial charge in [0.05, 0.1) is 5.69 Å². The standard InChI is InChI=1S/C11H17N3O2S2/c1-17-11(3-2-4-11)6-13-10-14-7(5-18-10)8(12)9(15)16/h5,8H,2-4,6,12H2,1H3,(H,13,14)(H,15,16). The number of carboxylic acids is 1. The minimum atomic E-state index is -1.05. The van der Waals surface area contributed by atoms with Crippen molar-refractivity contribution in [1.29, 1.82) is 0 Å². The lowest BCUT2D eigenvalue weighted by atomic mass is 9.84. The van der Waals surface area contributed by atoms with Crippen LogP contribution in [0.15, 0.2) is 5.38 Å². The Morgan fingerprint density at radius 1 is 1.78 bits per heavy atom. The van der Waals surface area contributed by atoms with Gasteiger partial charge >= 0.3 is 5.97 Å². The largest absolute Gasteiger partial charge is 0.480 e. The number of nitrogens with zero attached hydrogens (tertiary/aromatic N) is 1. The molecule has 1 unspecified atom stereocenters. The molecule has 1 fully saturated rings. The molecule has 1 aromatic heterocycles. The van der Waals surface area contributed by atoms with Crippen LogP contribution in [0.3, 0.4) is 0 Å². The van der Waals surface area contributed by atoms with Gasteiger partial charge in [-0.25, -0.2) is 4.98 Å². The highest BCUT2D eigenvalue weighted by Gasteiger charge is 2.36. The van der Waals surface area contributed by atoms with Crippen molar-refractivity contribution in [2.75, 3.05) is 18.1 Å². The first-order chi connectivity index (χ1) is 8.56. The number of thioether (sulfide) groups is 1. The van der Waals surface area contributed by atoms with Crippen molar-refractivity contribution in [3.05, 3.63) is 11.1 Å². The zero-order valence-corrected chi connectivity index (χ0v) is 11.8. The van der Waals surface area contributed by atoms with Crippen molar-refractivity contribution in [3.63, 3.8) is 0 Å². The quantitative estimate of drug-likeness (QED) is 0.741. The predicted molar refractivity (Wildman–Crippen MR) is 75.3 cm³/mol. The summed E-state index contributed by atoms with van der Waals surface area (Å²) >= 11 is 3.30. The predicted octanol–water partition coefficient (Wildman–Crippen LogP) is 1.93. The SMILES string of the molecule is CSC1(CNc2nc(C(N)C(=O)O)cs2)CCC1. The lowest BCUT2D eigenvalue weighted by Crippen LogP contribution is -2.40. The van der Waals surface area contributed by atoms with E-state index in [0.29, 0.717) is 10.4 Å². The summed E-state index contributed by atoms with van der Waals surface area (Å²) in [5.41, 5.74) is 5.93. The fraction of sp³-hybridized carbons (Fsp3) is 0.636. The van der Waals surface area contributed by atoms with Crippen LogP contribution in [-0.2, 0) is 4.79 Å². The maximum absolute atomic E-state index is 10.7. The molecule has 1 saturated carbocycles. The van der Waals surface area contributed by atoms with Gasteiger partial charge in [0.2, 0.25) is 0 Å². The topological polar surface area (TPSA) is 88.2 Å². The third-order valence-corrected chi connectivity index (χ3v) is 5.60. The average molecular weight is 287 g/mol. The Kier molecular flexibility index (Phi) is 4.14. The molecule has 0 saturated heterocycles. The molecular formula is C11H17N3O2S2. The molecule has 100 valence electrons. The van der Waals surface area contributed by atoms with Gasteiger partial charge in [0.25, 0.3) is 0 Å². The molecule has 1 aromatic rings. The highest BCUT2D eigenvalue weighted by molar-refractivity contribution is 8.00. The number of carboxylic acid groups (broad SMARTS) is 1. The molecule has 0 radical (unpaired) electrons. The molecule has 1 aliphatic rings. The van der Waals surface area contributed by atoms with Gasteiger partial charge in [-0.1, -0.05) is 6.42 Å². The lowest BCUT2D eigenvalue weighted by molar-refractivity contribution is -0.138. The van der Waals surface area contributed by atoms with E-state index in [1.54, 1.807) is 5.38 Å². The fourth-order valence-corrected chi connectivity index (χ4v) is 3.56. The van der Waals surface area contributed by atoms with Crippen LogP contribution in [0.4, 0.5) is 5.13 Å². The van der Waals surface area contributed by atoms with Crippen molar-refractivity contribution >= 4 is 34.2 Å². The number of hydrogen-bond acceptors (Lipinski definition) is 6. The van der Waals surface area contributed by atoms with Crippen LogP contribution in [0.5, 0.6) is 0 Å². The molecule has 7 heteroatoms. The minimum absolute atomic E-state index is 0.334. The fourth-order valence-electron chi connectivity index (χ4n) is 1.90. The summed E-state index contributed by atoms with van der Waals surface area (Å²) in [7, 11) is 0. The van der Waals surface area contributed by atoms with Crippen LogP contribution < -0.4 is 11.1 Å². The number of anilines is 1.